The number of carbonyl (C=O) groups excluding carboxylic acids is 1. The standard InChI is InChI=1S/C10H15N5O/c1-12-8-4-9(13-5-7(11)16)15-10(14-8)6-2-3-6/h4,6H,2-3,5H2,1H3,(H2,11,16)(H2,12,13,14,15). The molecular formula is C10H15N5O. The smallest absolute Gasteiger partial charge is 0.236 e. The predicted molar refractivity (Wildman–Crippen MR) is 61.2 cm³/mol. The van der Waals surface area contributed by atoms with Crippen LogP contribution in [0.5, 0.6) is 0 Å². The first-order valence-corrected chi connectivity index (χ1v) is 5.28. The minimum Gasteiger partial charge on any atom is -0.373 e. The third-order valence-corrected chi connectivity index (χ3v) is 2.39. The van der Waals surface area contributed by atoms with Crippen LogP contribution in [0.4, 0.5) is 11.6 Å². The molecule has 6 heteroatoms. The van der Waals surface area contributed by atoms with Gasteiger partial charge in [0, 0.05) is 19.0 Å². The maximum Gasteiger partial charge on any atom is 0.236 e. The molecule has 86 valence electrons. The average molecular weight is 221 g/mol. The van der Waals surface area contributed by atoms with Crippen LogP contribution in [0, 0.1) is 0 Å². The molecule has 1 heterocycles. The second kappa shape index (κ2) is 4.34. The fourth-order valence-electron chi connectivity index (χ4n) is 1.39. The molecule has 0 bridgehead atoms. The summed E-state index contributed by atoms with van der Waals surface area (Å²) < 4.78 is 0. The van der Waals surface area contributed by atoms with E-state index in [0.717, 1.165) is 24.5 Å². The Morgan fingerprint density at radius 3 is 2.75 bits per heavy atom. The van der Waals surface area contributed by atoms with Gasteiger partial charge in [0.1, 0.15) is 17.5 Å². The summed E-state index contributed by atoms with van der Waals surface area (Å²) in [7, 11) is 1.80. The lowest BCUT2D eigenvalue weighted by Crippen LogP contribution is -2.22. The minimum atomic E-state index is -0.405. The fourth-order valence-corrected chi connectivity index (χ4v) is 1.39. The van der Waals surface area contributed by atoms with Crippen LogP contribution >= 0.6 is 0 Å². The number of carbonyl (C=O) groups is 1. The van der Waals surface area contributed by atoms with Gasteiger partial charge in [0.25, 0.3) is 0 Å². The Balaban J connectivity index is 2.15. The van der Waals surface area contributed by atoms with E-state index >= 15 is 0 Å². The second-order valence-corrected chi connectivity index (χ2v) is 3.84. The highest BCUT2D eigenvalue weighted by atomic mass is 16.1. The van der Waals surface area contributed by atoms with Crippen LogP contribution in [-0.2, 0) is 4.79 Å². The molecule has 1 aromatic rings. The Morgan fingerprint density at radius 1 is 1.50 bits per heavy atom. The van der Waals surface area contributed by atoms with Crippen molar-refractivity contribution in [2.24, 2.45) is 5.73 Å². The molecule has 0 aromatic carbocycles. The van der Waals surface area contributed by atoms with Gasteiger partial charge in [-0.15, -0.1) is 0 Å². The van der Waals surface area contributed by atoms with Crippen LogP contribution in [0.2, 0.25) is 0 Å². The van der Waals surface area contributed by atoms with Crippen molar-refractivity contribution in [3.63, 3.8) is 0 Å². The van der Waals surface area contributed by atoms with Crippen molar-refractivity contribution >= 4 is 17.5 Å². The van der Waals surface area contributed by atoms with E-state index in [0.29, 0.717) is 11.7 Å². The van der Waals surface area contributed by atoms with Crippen LogP contribution in [0.25, 0.3) is 0 Å². The first kappa shape index (κ1) is 10.7. The summed E-state index contributed by atoms with van der Waals surface area (Å²) in [5, 5.41) is 5.85. The molecule has 1 aliphatic rings. The molecule has 6 nitrogen and oxygen atoms in total. The molecule has 1 fully saturated rings. The molecule has 1 aliphatic carbocycles. The maximum atomic E-state index is 10.7. The van der Waals surface area contributed by atoms with Gasteiger partial charge in [0.2, 0.25) is 5.91 Å². The first-order valence-electron chi connectivity index (χ1n) is 5.28. The Morgan fingerprint density at radius 2 is 2.19 bits per heavy atom. The quantitative estimate of drug-likeness (QED) is 0.664. The van der Waals surface area contributed by atoms with Gasteiger partial charge in [0.05, 0.1) is 6.54 Å². The van der Waals surface area contributed by atoms with Crippen molar-refractivity contribution in [1.29, 1.82) is 0 Å². The summed E-state index contributed by atoms with van der Waals surface area (Å²) in [5.74, 6) is 2.29. The van der Waals surface area contributed by atoms with E-state index in [9.17, 15) is 4.79 Å². The summed E-state index contributed by atoms with van der Waals surface area (Å²) >= 11 is 0. The molecule has 0 atom stereocenters. The molecule has 2 rings (SSSR count). The Labute approximate surface area is 93.7 Å². The largest absolute Gasteiger partial charge is 0.373 e. The zero-order valence-electron chi connectivity index (χ0n) is 9.16. The monoisotopic (exact) mass is 221 g/mol. The Bertz CT molecular complexity index is 402. The molecular weight excluding hydrogens is 206 g/mol. The molecule has 16 heavy (non-hydrogen) atoms. The van der Waals surface area contributed by atoms with Gasteiger partial charge in [-0.05, 0) is 12.8 Å². The summed E-state index contributed by atoms with van der Waals surface area (Å²) in [6.45, 7) is 0.0876. The number of nitrogens with two attached hydrogens (primary N) is 1. The molecule has 4 N–H and O–H groups in total. The lowest BCUT2D eigenvalue weighted by atomic mass is 10.3. The molecule has 0 spiro atoms. The van der Waals surface area contributed by atoms with Crippen molar-refractivity contribution < 1.29 is 4.79 Å². The van der Waals surface area contributed by atoms with Crippen molar-refractivity contribution in [3.05, 3.63) is 11.9 Å². The lowest BCUT2D eigenvalue weighted by Gasteiger charge is -2.08. The number of nitrogens with one attached hydrogen (secondary N) is 2. The number of primary amides is 1. The van der Waals surface area contributed by atoms with Crippen LogP contribution in [0.3, 0.4) is 0 Å². The predicted octanol–water partition coefficient (Wildman–Crippen LogP) is 0.293. The van der Waals surface area contributed by atoms with Crippen molar-refractivity contribution in [2.75, 3.05) is 24.2 Å². The number of hydrogen-bond donors (Lipinski definition) is 3. The molecule has 0 saturated heterocycles. The van der Waals surface area contributed by atoms with Crippen molar-refractivity contribution in [3.8, 4) is 0 Å². The first-order chi connectivity index (χ1) is 7.69. The Hall–Kier alpha value is -1.85. The summed E-state index contributed by atoms with van der Waals surface area (Å²) in [6, 6.07) is 1.76. The number of amides is 1. The zero-order chi connectivity index (χ0) is 11.5. The van der Waals surface area contributed by atoms with Crippen LogP contribution < -0.4 is 16.4 Å². The normalized spacial score (nSPS) is 14.6. The minimum absolute atomic E-state index is 0.0876. The summed E-state index contributed by atoms with van der Waals surface area (Å²) in [5.41, 5.74) is 5.06. The van der Waals surface area contributed by atoms with E-state index in [1.54, 1.807) is 13.1 Å². The topological polar surface area (TPSA) is 92.9 Å². The third-order valence-electron chi connectivity index (χ3n) is 2.39. The number of aromatic nitrogens is 2. The van der Waals surface area contributed by atoms with E-state index in [2.05, 4.69) is 20.6 Å². The molecule has 1 aromatic heterocycles. The van der Waals surface area contributed by atoms with Gasteiger partial charge in [-0.1, -0.05) is 0 Å². The van der Waals surface area contributed by atoms with E-state index < -0.39 is 5.91 Å². The van der Waals surface area contributed by atoms with Crippen LogP contribution in [0.15, 0.2) is 6.07 Å². The SMILES string of the molecule is CNc1cc(NCC(N)=O)nc(C2CC2)n1. The number of anilines is 2. The van der Waals surface area contributed by atoms with Gasteiger partial charge >= 0.3 is 0 Å². The number of rotatable bonds is 5. The van der Waals surface area contributed by atoms with E-state index in [4.69, 9.17) is 5.73 Å². The molecule has 1 amide bonds. The van der Waals surface area contributed by atoms with Crippen molar-refractivity contribution in [2.45, 2.75) is 18.8 Å². The Kier molecular flexibility index (Phi) is 2.89. The van der Waals surface area contributed by atoms with Gasteiger partial charge < -0.3 is 16.4 Å². The highest BCUT2D eigenvalue weighted by molar-refractivity contribution is 5.78. The van der Waals surface area contributed by atoms with E-state index in [1.165, 1.54) is 0 Å². The van der Waals surface area contributed by atoms with Gasteiger partial charge in [-0.25, -0.2) is 9.97 Å². The van der Waals surface area contributed by atoms with Crippen LogP contribution in [-0.4, -0.2) is 29.5 Å². The lowest BCUT2D eigenvalue weighted by molar-refractivity contribution is -0.116. The number of hydrogen-bond acceptors (Lipinski definition) is 5. The fraction of sp³-hybridized carbons (Fsp3) is 0.500. The molecule has 0 unspecified atom stereocenters. The van der Waals surface area contributed by atoms with Gasteiger partial charge in [0.15, 0.2) is 0 Å². The summed E-state index contributed by atoms with van der Waals surface area (Å²) in [6.07, 6.45) is 2.28. The van der Waals surface area contributed by atoms with Gasteiger partial charge in [-0.3, -0.25) is 4.79 Å². The molecule has 0 radical (unpaired) electrons. The van der Waals surface area contributed by atoms with Crippen LogP contribution in [0.1, 0.15) is 24.6 Å². The van der Waals surface area contributed by atoms with Crippen molar-refractivity contribution in [1.82, 2.24) is 9.97 Å². The zero-order valence-corrected chi connectivity index (χ0v) is 9.16. The third kappa shape index (κ3) is 2.59. The second-order valence-electron chi connectivity index (χ2n) is 3.84. The highest BCUT2D eigenvalue weighted by Gasteiger charge is 2.27. The van der Waals surface area contributed by atoms with Gasteiger partial charge in [-0.2, -0.15) is 0 Å². The van der Waals surface area contributed by atoms with E-state index in [1.807, 2.05) is 0 Å². The highest BCUT2D eigenvalue weighted by Crippen LogP contribution is 2.38. The van der Waals surface area contributed by atoms with E-state index in [-0.39, 0.29) is 6.54 Å². The maximum absolute atomic E-state index is 10.7. The number of nitrogens with zero attached hydrogens (tertiary/aromatic N) is 2. The average Bonchev–Trinajstić information content (AvgIpc) is 3.09. The molecule has 1 saturated carbocycles. The molecule has 0 aliphatic heterocycles. The summed E-state index contributed by atoms with van der Waals surface area (Å²) in [4.78, 5) is 19.4.